The maximum Gasteiger partial charge on any atom is 0.407 e. The smallest absolute Gasteiger partial charge is 0.407 e. The minimum absolute atomic E-state index is 0.123. The van der Waals surface area contributed by atoms with E-state index in [0.29, 0.717) is 61.6 Å². The van der Waals surface area contributed by atoms with Gasteiger partial charge in [0.05, 0.1) is 22.3 Å². The van der Waals surface area contributed by atoms with Gasteiger partial charge in [0.15, 0.2) is 0 Å². The molecule has 0 aliphatic carbocycles. The molecule has 1 N–H and O–H groups in total. The van der Waals surface area contributed by atoms with Gasteiger partial charge in [-0.2, -0.15) is 0 Å². The Morgan fingerprint density at radius 2 is 1.77 bits per heavy atom. The predicted octanol–water partition coefficient (Wildman–Crippen LogP) is 2.61. The van der Waals surface area contributed by atoms with Gasteiger partial charge in [0.1, 0.15) is 18.4 Å². The van der Waals surface area contributed by atoms with Crippen LogP contribution in [0.5, 0.6) is 0 Å². The number of amides is 4. The molecule has 4 amide bonds. The minimum atomic E-state index is -1.34. The Balaban J connectivity index is 1.39. The molecule has 2 aromatic rings. The second kappa shape index (κ2) is 12.0. The van der Waals surface area contributed by atoms with Crippen LogP contribution in [0.1, 0.15) is 50.0 Å². The highest BCUT2D eigenvalue weighted by molar-refractivity contribution is 6.76. The van der Waals surface area contributed by atoms with Crippen LogP contribution in [-0.4, -0.2) is 102 Å². The Kier molecular flexibility index (Phi) is 8.68. The van der Waals surface area contributed by atoms with Crippen molar-refractivity contribution in [1.82, 2.24) is 24.3 Å². The number of carbonyl (C=O) groups excluding carboxylic acids is 4. The Labute approximate surface area is 258 Å². The van der Waals surface area contributed by atoms with E-state index in [1.807, 2.05) is 0 Å². The van der Waals surface area contributed by atoms with Gasteiger partial charge in [-0.25, -0.2) is 9.59 Å². The number of alkyl carbamates (subject to hydrolysis) is 1. The Bertz CT molecular complexity index is 1540. The summed E-state index contributed by atoms with van der Waals surface area (Å²) in [5, 5.41) is 2.71. The maximum absolute atomic E-state index is 13.8. The molecule has 1 aromatic carbocycles. The number of imidazole rings is 1. The molecule has 1 aromatic heterocycles. The molecule has 0 bridgehead atoms. The predicted molar refractivity (Wildman–Crippen MR) is 168 cm³/mol. The second-order valence-corrected chi connectivity index (χ2v) is 19.5. The van der Waals surface area contributed by atoms with Gasteiger partial charge in [0.25, 0.3) is 11.8 Å². The van der Waals surface area contributed by atoms with Crippen molar-refractivity contribution in [2.24, 2.45) is 0 Å². The van der Waals surface area contributed by atoms with E-state index in [4.69, 9.17) is 9.47 Å². The molecule has 1 unspecified atom stereocenters. The standard InChI is InChI=1S/C30H44N6O7Si/c1-30(2,3)43-28(40)31-11-12-33-14-13-32-15-16-34-25-21(8-7-20(24(25)32)26(33)38)36(29(34)41)22-9-10-23(37)35(27(22)39)19-42-17-18-44(4,5)6/h7-8,22H,9-19H2,1-6H3,(H,31,40). The first-order valence-electron chi connectivity index (χ1n) is 15.4. The maximum atomic E-state index is 13.8. The van der Waals surface area contributed by atoms with Crippen molar-refractivity contribution in [3.8, 4) is 0 Å². The van der Waals surface area contributed by atoms with Crippen LogP contribution in [0.15, 0.2) is 16.9 Å². The van der Waals surface area contributed by atoms with E-state index in [-0.39, 0.29) is 43.6 Å². The third-order valence-corrected chi connectivity index (χ3v) is 9.93. The molecular formula is C30H44N6O7Si. The van der Waals surface area contributed by atoms with Crippen molar-refractivity contribution in [3.05, 3.63) is 28.2 Å². The van der Waals surface area contributed by atoms with E-state index in [1.165, 1.54) is 4.57 Å². The lowest BCUT2D eigenvalue weighted by Crippen LogP contribution is -2.48. The summed E-state index contributed by atoms with van der Waals surface area (Å²) < 4.78 is 14.2. The van der Waals surface area contributed by atoms with Crippen LogP contribution < -0.4 is 15.9 Å². The van der Waals surface area contributed by atoms with Gasteiger partial charge in [-0.05, 0) is 45.4 Å². The molecule has 3 aliphatic rings. The molecular weight excluding hydrogens is 584 g/mol. The zero-order valence-electron chi connectivity index (χ0n) is 26.6. The van der Waals surface area contributed by atoms with Gasteiger partial charge in [0.2, 0.25) is 5.91 Å². The highest BCUT2D eigenvalue weighted by Crippen LogP contribution is 2.37. The third kappa shape index (κ3) is 6.41. The molecule has 1 saturated heterocycles. The molecule has 0 spiro atoms. The lowest BCUT2D eigenvalue weighted by molar-refractivity contribution is -0.157. The fourth-order valence-electron chi connectivity index (χ4n) is 5.98. The summed E-state index contributed by atoms with van der Waals surface area (Å²) in [4.78, 5) is 71.0. The van der Waals surface area contributed by atoms with Gasteiger partial charge in [-0.3, -0.25) is 28.4 Å². The monoisotopic (exact) mass is 628 g/mol. The Morgan fingerprint density at radius 3 is 2.48 bits per heavy atom. The molecule has 3 aliphatic heterocycles. The van der Waals surface area contributed by atoms with Gasteiger partial charge < -0.3 is 24.6 Å². The summed E-state index contributed by atoms with van der Waals surface area (Å²) in [5.74, 6) is -0.932. The van der Waals surface area contributed by atoms with Crippen molar-refractivity contribution in [2.75, 3.05) is 51.0 Å². The SMILES string of the molecule is CC(C)(C)OC(=O)NCCN1CCN2CCn3c(=O)n(C4CCC(=O)N(COCC[Si](C)(C)C)C4=O)c4ccc(c2c43)C1=O. The van der Waals surface area contributed by atoms with Crippen molar-refractivity contribution >= 4 is 48.6 Å². The Morgan fingerprint density at radius 1 is 1.05 bits per heavy atom. The summed E-state index contributed by atoms with van der Waals surface area (Å²) in [6, 6.07) is 3.52. The highest BCUT2D eigenvalue weighted by Gasteiger charge is 2.40. The van der Waals surface area contributed by atoms with Gasteiger partial charge in [-0.1, -0.05) is 19.6 Å². The average Bonchev–Trinajstić information content (AvgIpc) is 3.13. The Hall–Kier alpha value is -3.65. The molecule has 1 atom stereocenters. The van der Waals surface area contributed by atoms with E-state index < -0.39 is 31.7 Å². The number of likely N-dealkylation sites (tertiary alicyclic amines) is 1. The van der Waals surface area contributed by atoms with E-state index in [0.717, 1.165) is 10.9 Å². The number of hydrogen-bond acceptors (Lipinski definition) is 8. The zero-order chi connectivity index (χ0) is 32.0. The first-order valence-corrected chi connectivity index (χ1v) is 19.1. The first kappa shape index (κ1) is 31.8. The van der Waals surface area contributed by atoms with Gasteiger partial charge >= 0.3 is 11.8 Å². The molecule has 0 saturated carbocycles. The number of imide groups is 1. The average molecular weight is 629 g/mol. The number of benzene rings is 1. The summed E-state index contributed by atoms with van der Waals surface area (Å²) in [5.41, 5.74) is 1.41. The number of ether oxygens (including phenoxy) is 2. The van der Waals surface area contributed by atoms with Crippen LogP contribution in [0.25, 0.3) is 11.0 Å². The number of hydrogen-bond donors (Lipinski definition) is 1. The second-order valence-electron chi connectivity index (χ2n) is 13.9. The molecule has 13 nitrogen and oxygen atoms in total. The molecule has 1 fully saturated rings. The van der Waals surface area contributed by atoms with Crippen molar-refractivity contribution in [1.29, 1.82) is 0 Å². The van der Waals surface area contributed by atoms with Crippen molar-refractivity contribution < 1.29 is 28.7 Å². The number of carbonyl (C=O) groups is 4. The number of nitrogens with zero attached hydrogens (tertiary/aromatic N) is 5. The fraction of sp³-hybridized carbons (Fsp3) is 0.633. The van der Waals surface area contributed by atoms with E-state index in [1.54, 1.807) is 42.4 Å². The fourth-order valence-corrected chi connectivity index (χ4v) is 6.74. The number of aromatic nitrogens is 2. The largest absolute Gasteiger partial charge is 0.444 e. The summed E-state index contributed by atoms with van der Waals surface area (Å²) in [7, 11) is -1.34. The minimum Gasteiger partial charge on any atom is -0.444 e. The van der Waals surface area contributed by atoms with Gasteiger partial charge in [0, 0.05) is 60.4 Å². The zero-order valence-corrected chi connectivity index (χ0v) is 27.6. The van der Waals surface area contributed by atoms with Crippen LogP contribution >= 0.6 is 0 Å². The topological polar surface area (TPSA) is 135 Å². The lowest BCUT2D eigenvalue weighted by atomic mass is 10.0. The molecule has 44 heavy (non-hydrogen) atoms. The van der Waals surface area contributed by atoms with Gasteiger partial charge in [-0.15, -0.1) is 0 Å². The quantitative estimate of drug-likeness (QED) is 0.254. The van der Waals surface area contributed by atoms with Crippen LogP contribution in [-0.2, 0) is 25.6 Å². The molecule has 5 rings (SSSR count). The molecule has 0 radical (unpaired) electrons. The number of rotatable bonds is 9. The van der Waals surface area contributed by atoms with Crippen molar-refractivity contribution in [3.63, 3.8) is 0 Å². The third-order valence-electron chi connectivity index (χ3n) is 8.23. The highest BCUT2D eigenvalue weighted by atomic mass is 28.3. The van der Waals surface area contributed by atoms with Crippen LogP contribution in [0.4, 0.5) is 10.5 Å². The number of nitrogens with one attached hydrogen (secondary N) is 1. The van der Waals surface area contributed by atoms with Crippen LogP contribution in [0, 0.1) is 0 Å². The van der Waals surface area contributed by atoms with E-state index in [9.17, 15) is 24.0 Å². The molecule has 240 valence electrons. The lowest BCUT2D eigenvalue weighted by Gasteiger charge is -2.31. The van der Waals surface area contributed by atoms with E-state index in [2.05, 4.69) is 29.9 Å². The van der Waals surface area contributed by atoms with Crippen molar-refractivity contribution in [2.45, 2.75) is 77.5 Å². The number of anilines is 1. The number of piperidine rings is 1. The van der Waals surface area contributed by atoms with Crippen LogP contribution in [0.3, 0.4) is 0 Å². The van der Waals surface area contributed by atoms with Crippen LogP contribution in [0.2, 0.25) is 25.7 Å². The first-order chi connectivity index (χ1) is 20.7. The summed E-state index contributed by atoms with van der Waals surface area (Å²) in [6.07, 6.45) is -0.183. The van der Waals surface area contributed by atoms with E-state index >= 15 is 0 Å². The normalized spacial score (nSPS) is 19.1. The molecule has 14 heteroatoms. The summed E-state index contributed by atoms with van der Waals surface area (Å²) in [6.45, 7) is 14.9. The molecule has 4 heterocycles. The summed E-state index contributed by atoms with van der Waals surface area (Å²) >= 11 is 0.